The summed E-state index contributed by atoms with van der Waals surface area (Å²) < 4.78 is 5.70. The Kier molecular flexibility index (Phi) is 5.65. The van der Waals surface area contributed by atoms with E-state index >= 15 is 0 Å². The molecule has 0 bridgehead atoms. The molecule has 1 aromatic rings. The van der Waals surface area contributed by atoms with E-state index in [4.69, 9.17) is 10.5 Å². The normalized spacial score (nSPS) is 10.1. The van der Waals surface area contributed by atoms with Gasteiger partial charge in [0.15, 0.2) is 0 Å². The van der Waals surface area contributed by atoms with Crippen LogP contribution in [0.3, 0.4) is 0 Å². The van der Waals surface area contributed by atoms with Crippen molar-refractivity contribution in [3.63, 3.8) is 0 Å². The lowest BCUT2D eigenvalue weighted by Crippen LogP contribution is -2.02. The Bertz CT molecular complexity index is 333. The van der Waals surface area contributed by atoms with Crippen molar-refractivity contribution in [2.75, 3.05) is 13.2 Å². The van der Waals surface area contributed by atoms with Crippen molar-refractivity contribution >= 4 is 0 Å². The summed E-state index contributed by atoms with van der Waals surface area (Å²) in [4.78, 5) is 0. The van der Waals surface area contributed by atoms with Crippen molar-refractivity contribution in [2.24, 2.45) is 5.73 Å². The highest BCUT2D eigenvalue weighted by atomic mass is 16.5. The number of rotatable bonds is 7. The third-order valence-electron chi connectivity index (χ3n) is 2.35. The van der Waals surface area contributed by atoms with Crippen LogP contribution in [0, 0.1) is 0 Å². The van der Waals surface area contributed by atoms with Crippen molar-refractivity contribution in [2.45, 2.75) is 26.2 Å². The SMILES string of the molecule is C=C(C)COc1ccccc1CCCCN. The first-order valence-electron chi connectivity index (χ1n) is 5.79. The van der Waals surface area contributed by atoms with E-state index in [9.17, 15) is 0 Å². The zero-order chi connectivity index (χ0) is 11.8. The van der Waals surface area contributed by atoms with Crippen LogP contribution in [0.5, 0.6) is 5.75 Å². The average molecular weight is 219 g/mol. The third-order valence-corrected chi connectivity index (χ3v) is 2.35. The van der Waals surface area contributed by atoms with Crippen LogP contribution in [0.2, 0.25) is 0 Å². The number of aryl methyl sites for hydroxylation is 1. The van der Waals surface area contributed by atoms with Gasteiger partial charge in [-0.1, -0.05) is 24.8 Å². The topological polar surface area (TPSA) is 35.2 Å². The monoisotopic (exact) mass is 219 g/mol. The summed E-state index contributed by atoms with van der Waals surface area (Å²) in [6, 6.07) is 8.18. The Balaban J connectivity index is 2.56. The van der Waals surface area contributed by atoms with E-state index in [1.54, 1.807) is 0 Å². The van der Waals surface area contributed by atoms with Crippen LogP contribution < -0.4 is 10.5 Å². The van der Waals surface area contributed by atoms with Crippen LogP contribution in [0.4, 0.5) is 0 Å². The molecule has 88 valence electrons. The van der Waals surface area contributed by atoms with Crippen LogP contribution in [0.15, 0.2) is 36.4 Å². The molecule has 0 saturated heterocycles. The van der Waals surface area contributed by atoms with Crippen molar-refractivity contribution in [3.05, 3.63) is 42.0 Å². The maximum absolute atomic E-state index is 5.70. The molecule has 0 saturated carbocycles. The molecule has 1 rings (SSSR count). The summed E-state index contributed by atoms with van der Waals surface area (Å²) in [6.45, 7) is 7.15. The van der Waals surface area contributed by atoms with E-state index in [1.807, 2.05) is 25.1 Å². The highest BCUT2D eigenvalue weighted by molar-refractivity contribution is 5.33. The van der Waals surface area contributed by atoms with Crippen LogP contribution in [-0.2, 0) is 6.42 Å². The van der Waals surface area contributed by atoms with Gasteiger partial charge >= 0.3 is 0 Å². The minimum Gasteiger partial charge on any atom is -0.489 e. The molecule has 0 unspecified atom stereocenters. The molecule has 2 N–H and O–H groups in total. The second-order valence-electron chi connectivity index (χ2n) is 4.10. The summed E-state index contributed by atoms with van der Waals surface area (Å²) in [5.74, 6) is 0.975. The van der Waals surface area contributed by atoms with Gasteiger partial charge in [0.2, 0.25) is 0 Å². The number of hydrogen-bond acceptors (Lipinski definition) is 2. The molecule has 0 aliphatic carbocycles. The minimum atomic E-state index is 0.591. The van der Waals surface area contributed by atoms with Crippen LogP contribution >= 0.6 is 0 Å². The quantitative estimate of drug-likeness (QED) is 0.565. The standard InChI is InChI=1S/C14H21NO/c1-12(2)11-16-14-9-4-3-7-13(14)8-5-6-10-15/h3-4,7,9H,1,5-6,8,10-11,15H2,2H3. The van der Waals surface area contributed by atoms with Crippen molar-refractivity contribution in [1.29, 1.82) is 0 Å². The summed E-state index contributed by atoms with van der Waals surface area (Å²) >= 11 is 0. The molecule has 0 heterocycles. The Labute approximate surface area is 98.1 Å². The lowest BCUT2D eigenvalue weighted by atomic mass is 10.1. The average Bonchev–Trinajstić information content (AvgIpc) is 2.28. The maximum atomic E-state index is 5.70. The largest absolute Gasteiger partial charge is 0.489 e. The second kappa shape index (κ2) is 7.07. The van der Waals surface area contributed by atoms with Crippen molar-refractivity contribution in [3.8, 4) is 5.75 Å². The first kappa shape index (κ1) is 12.8. The van der Waals surface area contributed by atoms with Gasteiger partial charge in [0.1, 0.15) is 12.4 Å². The predicted octanol–water partition coefficient (Wildman–Crippen LogP) is 2.92. The Hall–Kier alpha value is -1.28. The highest BCUT2D eigenvalue weighted by Gasteiger charge is 2.02. The summed E-state index contributed by atoms with van der Waals surface area (Å²) in [7, 11) is 0. The van der Waals surface area contributed by atoms with Crippen molar-refractivity contribution < 1.29 is 4.74 Å². The lowest BCUT2D eigenvalue weighted by molar-refractivity contribution is 0.348. The molecule has 0 amide bonds. The number of unbranched alkanes of at least 4 members (excludes halogenated alkanes) is 1. The first-order valence-corrected chi connectivity index (χ1v) is 5.79. The van der Waals surface area contributed by atoms with E-state index < -0.39 is 0 Å². The molecule has 0 aliphatic heterocycles. The highest BCUT2D eigenvalue weighted by Crippen LogP contribution is 2.20. The summed E-state index contributed by atoms with van der Waals surface area (Å²) in [6.07, 6.45) is 3.21. The molecule has 0 atom stereocenters. The molecule has 2 heteroatoms. The molecule has 0 aromatic heterocycles. The van der Waals surface area contributed by atoms with Gasteiger partial charge in [-0.3, -0.25) is 0 Å². The van der Waals surface area contributed by atoms with Gasteiger partial charge in [0, 0.05) is 0 Å². The van der Waals surface area contributed by atoms with Gasteiger partial charge in [-0.05, 0) is 49.9 Å². The maximum Gasteiger partial charge on any atom is 0.122 e. The van der Waals surface area contributed by atoms with Gasteiger partial charge in [0.25, 0.3) is 0 Å². The molecule has 16 heavy (non-hydrogen) atoms. The first-order chi connectivity index (χ1) is 7.74. The Morgan fingerprint density at radius 2 is 2.06 bits per heavy atom. The van der Waals surface area contributed by atoms with Gasteiger partial charge in [0.05, 0.1) is 0 Å². The number of hydrogen-bond donors (Lipinski definition) is 1. The third kappa shape index (κ3) is 4.49. The van der Waals surface area contributed by atoms with E-state index in [2.05, 4.69) is 12.6 Å². The van der Waals surface area contributed by atoms with E-state index in [-0.39, 0.29) is 0 Å². The van der Waals surface area contributed by atoms with E-state index in [1.165, 1.54) is 5.56 Å². The molecular formula is C14H21NO. The smallest absolute Gasteiger partial charge is 0.122 e. The van der Waals surface area contributed by atoms with Crippen LogP contribution in [-0.4, -0.2) is 13.2 Å². The fraction of sp³-hybridized carbons (Fsp3) is 0.429. The fourth-order valence-electron chi connectivity index (χ4n) is 1.51. The number of nitrogens with two attached hydrogens (primary N) is 1. The van der Waals surface area contributed by atoms with Gasteiger partial charge in [-0.15, -0.1) is 0 Å². The molecule has 0 aliphatic rings. The zero-order valence-corrected chi connectivity index (χ0v) is 10.0. The minimum absolute atomic E-state index is 0.591. The Morgan fingerprint density at radius 3 is 2.75 bits per heavy atom. The van der Waals surface area contributed by atoms with Crippen LogP contribution in [0.1, 0.15) is 25.3 Å². The number of benzene rings is 1. The predicted molar refractivity (Wildman–Crippen MR) is 68.7 cm³/mol. The van der Waals surface area contributed by atoms with E-state index in [0.717, 1.165) is 37.1 Å². The molecular weight excluding hydrogens is 198 g/mol. The zero-order valence-electron chi connectivity index (χ0n) is 10.0. The second-order valence-corrected chi connectivity index (χ2v) is 4.10. The Morgan fingerprint density at radius 1 is 1.31 bits per heavy atom. The number of para-hydroxylation sites is 1. The fourth-order valence-corrected chi connectivity index (χ4v) is 1.51. The summed E-state index contributed by atoms with van der Waals surface area (Å²) in [5, 5.41) is 0. The van der Waals surface area contributed by atoms with Crippen molar-refractivity contribution in [1.82, 2.24) is 0 Å². The van der Waals surface area contributed by atoms with E-state index in [0.29, 0.717) is 6.61 Å². The molecule has 0 radical (unpaired) electrons. The summed E-state index contributed by atoms with van der Waals surface area (Å²) in [5.41, 5.74) is 7.79. The number of ether oxygens (including phenoxy) is 1. The molecule has 2 nitrogen and oxygen atoms in total. The lowest BCUT2D eigenvalue weighted by Gasteiger charge is -2.11. The van der Waals surface area contributed by atoms with Gasteiger partial charge in [-0.2, -0.15) is 0 Å². The van der Waals surface area contributed by atoms with Gasteiger partial charge in [-0.25, -0.2) is 0 Å². The molecule has 0 fully saturated rings. The molecule has 1 aromatic carbocycles. The van der Waals surface area contributed by atoms with Crippen LogP contribution in [0.25, 0.3) is 0 Å². The molecule has 0 spiro atoms. The van der Waals surface area contributed by atoms with Gasteiger partial charge < -0.3 is 10.5 Å².